The zero-order valence-electron chi connectivity index (χ0n) is 9.33. The van der Waals surface area contributed by atoms with Gasteiger partial charge < -0.3 is 15.5 Å². The summed E-state index contributed by atoms with van der Waals surface area (Å²) >= 11 is 0. The second-order valence-corrected chi connectivity index (χ2v) is 3.98. The minimum Gasteiger partial charge on any atom is -0.367 e. The molecule has 1 fully saturated rings. The molecular weight excluding hydrogens is 208 g/mol. The van der Waals surface area contributed by atoms with E-state index in [-0.39, 0.29) is 18.4 Å². The van der Waals surface area contributed by atoms with Gasteiger partial charge in [-0.05, 0) is 7.05 Å². The molecule has 0 atom stereocenters. The average molecular weight is 224 g/mol. The molecule has 0 aromatic carbocycles. The predicted molar refractivity (Wildman–Crippen MR) is 58.5 cm³/mol. The first kappa shape index (κ1) is 10.9. The van der Waals surface area contributed by atoms with E-state index in [0.29, 0.717) is 0 Å². The highest BCUT2D eigenvalue weighted by Crippen LogP contribution is 2.01. The average Bonchev–Trinajstić information content (AvgIpc) is 2.65. The first-order valence-corrected chi connectivity index (χ1v) is 5.26. The number of piperazine rings is 1. The van der Waals surface area contributed by atoms with E-state index < -0.39 is 0 Å². The molecule has 0 aliphatic carbocycles. The molecule has 7 heteroatoms. The highest BCUT2D eigenvalue weighted by atomic mass is 16.2. The maximum atomic E-state index is 11.9. The molecular formula is C9H16N6O. The molecule has 2 heterocycles. The number of aromatic nitrogens is 3. The van der Waals surface area contributed by atoms with E-state index in [9.17, 15) is 4.79 Å². The zero-order valence-corrected chi connectivity index (χ0v) is 9.33. The van der Waals surface area contributed by atoms with Crippen molar-refractivity contribution in [3.63, 3.8) is 0 Å². The highest BCUT2D eigenvalue weighted by Gasteiger charge is 2.19. The Morgan fingerprint density at radius 2 is 2.12 bits per heavy atom. The number of amides is 1. The fourth-order valence-corrected chi connectivity index (χ4v) is 1.68. The summed E-state index contributed by atoms with van der Waals surface area (Å²) in [7, 11) is 2.06. The van der Waals surface area contributed by atoms with Crippen LogP contribution in [0.4, 0.5) is 5.95 Å². The van der Waals surface area contributed by atoms with Crippen molar-refractivity contribution in [1.29, 1.82) is 0 Å². The Morgan fingerprint density at radius 1 is 1.44 bits per heavy atom. The molecule has 16 heavy (non-hydrogen) atoms. The molecule has 0 bridgehead atoms. The van der Waals surface area contributed by atoms with Crippen molar-refractivity contribution >= 4 is 11.9 Å². The van der Waals surface area contributed by atoms with Crippen LogP contribution >= 0.6 is 0 Å². The third-order valence-corrected chi connectivity index (χ3v) is 2.71. The maximum Gasteiger partial charge on any atom is 0.244 e. The molecule has 1 aromatic heterocycles. The third kappa shape index (κ3) is 2.48. The van der Waals surface area contributed by atoms with Gasteiger partial charge in [0.25, 0.3) is 0 Å². The van der Waals surface area contributed by atoms with Gasteiger partial charge >= 0.3 is 0 Å². The standard InChI is InChI=1S/C9H16N6O/c1-13-2-4-14(5-3-13)8(16)6-15-7-11-9(10)12-15/h7H,2-6H2,1H3,(H2,10,12). The summed E-state index contributed by atoms with van der Waals surface area (Å²) in [4.78, 5) is 19.7. The molecule has 2 N–H and O–H groups in total. The highest BCUT2D eigenvalue weighted by molar-refractivity contribution is 5.76. The van der Waals surface area contributed by atoms with Gasteiger partial charge in [0.15, 0.2) is 0 Å². The first-order chi connectivity index (χ1) is 7.65. The normalized spacial score (nSPS) is 17.7. The molecule has 7 nitrogen and oxygen atoms in total. The lowest BCUT2D eigenvalue weighted by molar-refractivity contribution is -0.133. The topological polar surface area (TPSA) is 80.3 Å². The van der Waals surface area contributed by atoms with Crippen LogP contribution < -0.4 is 5.73 Å². The largest absolute Gasteiger partial charge is 0.367 e. The summed E-state index contributed by atoms with van der Waals surface area (Å²) in [6.07, 6.45) is 1.48. The number of nitrogens with two attached hydrogens (primary N) is 1. The van der Waals surface area contributed by atoms with Crippen LogP contribution in [-0.2, 0) is 11.3 Å². The molecule has 1 amide bonds. The van der Waals surface area contributed by atoms with Crippen molar-refractivity contribution in [3.8, 4) is 0 Å². The second kappa shape index (κ2) is 4.48. The number of nitrogens with zero attached hydrogens (tertiary/aromatic N) is 5. The van der Waals surface area contributed by atoms with E-state index in [4.69, 9.17) is 5.73 Å². The smallest absolute Gasteiger partial charge is 0.244 e. The lowest BCUT2D eigenvalue weighted by Gasteiger charge is -2.32. The number of hydrogen-bond donors (Lipinski definition) is 1. The summed E-state index contributed by atoms with van der Waals surface area (Å²) in [5.74, 6) is 0.268. The summed E-state index contributed by atoms with van der Waals surface area (Å²) < 4.78 is 1.47. The van der Waals surface area contributed by atoms with Crippen LogP contribution in [0.1, 0.15) is 0 Å². The van der Waals surface area contributed by atoms with Crippen LogP contribution in [0.2, 0.25) is 0 Å². The van der Waals surface area contributed by atoms with E-state index >= 15 is 0 Å². The van der Waals surface area contributed by atoms with Gasteiger partial charge in [-0.1, -0.05) is 0 Å². The van der Waals surface area contributed by atoms with Crippen molar-refractivity contribution in [3.05, 3.63) is 6.33 Å². The van der Waals surface area contributed by atoms with Gasteiger partial charge in [-0.2, -0.15) is 0 Å². The summed E-state index contributed by atoms with van der Waals surface area (Å²) in [5.41, 5.74) is 5.38. The van der Waals surface area contributed by atoms with Crippen molar-refractivity contribution in [2.45, 2.75) is 6.54 Å². The molecule has 0 spiro atoms. The van der Waals surface area contributed by atoms with E-state index in [1.807, 2.05) is 4.90 Å². The molecule has 1 saturated heterocycles. The quantitative estimate of drug-likeness (QED) is 0.670. The van der Waals surface area contributed by atoms with Crippen LogP contribution in [0.5, 0.6) is 0 Å². The van der Waals surface area contributed by atoms with Crippen molar-refractivity contribution in [2.75, 3.05) is 39.0 Å². The Labute approximate surface area is 93.8 Å². The fourth-order valence-electron chi connectivity index (χ4n) is 1.68. The Balaban J connectivity index is 1.88. The Bertz CT molecular complexity index is 368. The lowest BCUT2D eigenvalue weighted by Crippen LogP contribution is -2.48. The SMILES string of the molecule is CN1CCN(C(=O)Cn2cnc(N)n2)CC1. The third-order valence-electron chi connectivity index (χ3n) is 2.71. The van der Waals surface area contributed by atoms with E-state index in [0.717, 1.165) is 26.2 Å². The van der Waals surface area contributed by atoms with Gasteiger partial charge in [-0.3, -0.25) is 4.79 Å². The van der Waals surface area contributed by atoms with Crippen molar-refractivity contribution < 1.29 is 4.79 Å². The van der Waals surface area contributed by atoms with Crippen LogP contribution in [0.25, 0.3) is 0 Å². The molecule has 1 aliphatic rings. The van der Waals surface area contributed by atoms with Crippen molar-refractivity contribution in [2.24, 2.45) is 0 Å². The van der Waals surface area contributed by atoms with Crippen LogP contribution in [0.3, 0.4) is 0 Å². The van der Waals surface area contributed by atoms with Gasteiger partial charge in [0.05, 0.1) is 0 Å². The maximum absolute atomic E-state index is 11.9. The van der Waals surface area contributed by atoms with Gasteiger partial charge in [-0.25, -0.2) is 9.67 Å². The summed E-state index contributed by atoms with van der Waals surface area (Å²) in [6, 6.07) is 0. The van der Waals surface area contributed by atoms with Gasteiger partial charge in [0.1, 0.15) is 12.9 Å². The number of nitrogen functional groups attached to an aromatic ring is 1. The van der Waals surface area contributed by atoms with E-state index in [1.54, 1.807) is 0 Å². The zero-order chi connectivity index (χ0) is 11.5. The molecule has 1 aliphatic heterocycles. The minimum atomic E-state index is 0.0676. The number of likely N-dealkylation sites (N-methyl/N-ethyl adjacent to an activating group) is 1. The first-order valence-electron chi connectivity index (χ1n) is 5.26. The fraction of sp³-hybridized carbons (Fsp3) is 0.667. The molecule has 0 radical (unpaired) electrons. The molecule has 2 rings (SSSR count). The summed E-state index contributed by atoms with van der Waals surface area (Å²) in [6.45, 7) is 3.61. The van der Waals surface area contributed by atoms with Gasteiger partial charge in [0, 0.05) is 26.2 Å². The molecule has 88 valence electrons. The lowest BCUT2D eigenvalue weighted by atomic mass is 10.3. The Morgan fingerprint density at radius 3 is 2.69 bits per heavy atom. The number of carbonyl (C=O) groups is 1. The van der Waals surface area contributed by atoms with Gasteiger partial charge in [-0.15, -0.1) is 5.10 Å². The number of carbonyl (C=O) groups excluding carboxylic acids is 1. The number of anilines is 1. The monoisotopic (exact) mass is 224 g/mol. The Hall–Kier alpha value is -1.63. The Kier molecular flexibility index (Phi) is 3.04. The van der Waals surface area contributed by atoms with Gasteiger partial charge in [0.2, 0.25) is 11.9 Å². The minimum absolute atomic E-state index is 0.0676. The second-order valence-electron chi connectivity index (χ2n) is 3.98. The van der Waals surface area contributed by atoms with E-state index in [2.05, 4.69) is 22.0 Å². The van der Waals surface area contributed by atoms with Crippen molar-refractivity contribution in [1.82, 2.24) is 24.6 Å². The number of rotatable bonds is 2. The van der Waals surface area contributed by atoms with Crippen LogP contribution in [0, 0.1) is 0 Å². The molecule has 0 saturated carbocycles. The van der Waals surface area contributed by atoms with E-state index in [1.165, 1.54) is 11.0 Å². The predicted octanol–water partition coefficient (Wildman–Crippen LogP) is -1.37. The molecule has 1 aromatic rings. The summed E-state index contributed by atoms with van der Waals surface area (Å²) in [5, 5.41) is 3.89. The van der Waals surface area contributed by atoms with Crippen LogP contribution in [-0.4, -0.2) is 63.7 Å². The molecule has 0 unspecified atom stereocenters. The number of hydrogen-bond acceptors (Lipinski definition) is 5. The van der Waals surface area contributed by atoms with Crippen LogP contribution in [0.15, 0.2) is 6.33 Å².